The summed E-state index contributed by atoms with van der Waals surface area (Å²) < 4.78 is 19.4. The van der Waals surface area contributed by atoms with Gasteiger partial charge in [-0.2, -0.15) is 10.4 Å². The van der Waals surface area contributed by atoms with Crippen molar-refractivity contribution in [2.24, 2.45) is 11.4 Å². The largest absolute Gasteiger partial charge is 0.348 e. The van der Waals surface area contributed by atoms with Gasteiger partial charge >= 0.3 is 0 Å². The Morgan fingerprint density at radius 2 is 2.00 bits per heavy atom. The van der Waals surface area contributed by atoms with Crippen LogP contribution in [0.5, 0.6) is 0 Å². The molecule has 0 saturated heterocycles. The zero-order valence-corrected chi connectivity index (χ0v) is 19.4. The SMILES string of the molecule is Cc1c(Br)c(=O)c(C(=O)NCc2ccc(S(C)(=O)=NC#N)cc2)cn1-c1cnn(C)c1. The van der Waals surface area contributed by atoms with Crippen molar-refractivity contribution >= 4 is 31.6 Å². The molecule has 2 aromatic heterocycles. The molecule has 1 aromatic carbocycles. The number of halogens is 1. The number of nitriles is 1. The lowest BCUT2D eigenvalue weighted by atomic mass is 10.2. The van der Waals surface area contributed by atoms with Crippen molar-refractivity contribution < 1.29 is 9.00 Å². The van der Waals surface area contributed by atoms with Crippen LogP contribution in [0.2, 0.25) is 0 Å². The number of aryl methyl sites for hydroxylation is 1. The van der Waals surface area contributed by atoms with E-state index in [-0.39, 0.29) is 12.1 Å². The summed E-state index contributed by atoms with van der Waals surface area (Å²) in [7, 11) is -0.996. The van der Waals surface area contributed by atoms with Crippen molar-refractivity contribution in [3.63, 3.8) is 0 Å². The Morgan fingerprint density at radius 3 is 2.58 bits per heavy atom. The molecule has 0 aliphatic heterocycles. The lowest BCUT2D eigenvalue weighted by molar-refractivity contribution is 0.0949. The van der Waals surface area contributed by atoms with Gasteiger partial charge in [-0.05, 0) is 40.5 Å². The first-order valence-corrected chi connectivity index (χ1v) is 11.7. The second-order valence-corrected chi connectivity index (χ2v) is 9.89. The van der Waals surface area contributed by atoms with E-state index in [1.54, 1.807) is 66.1 Å². The lowest BCUT2D eigenvalue weighted by Crippen LogP contribution is -2.30. The van der Waals surface area contributed by atoms with Gasteiger partial charge in [0.05, 0.1) is 26.1 Å². The first-order chi connectivity index (χ1) is 14.6. The molecule has 0 aliphatic carbocycles. The number of rotatable bonds is 5. The van der Waals surface area contributed by atoms with E-state index in [0.29, 0.717) is 15.1 Å². The van der Waals surface area contributed by atoms with E-state index in [1.807, 2.05) is 0 Å². The maximum Gasteiger partial charge on any atom is 0.257 e. The van der Waals surface area contributed by atoms with E-state index in [1.165, 1.54) is 12.5 Å². The molecular weight excluding hydrogens is 484 g/mol. The number of nitrogens with zero attached hydrogens (tertiary/aromatic N) is 5. The number of benzene rings is 1. The minimum absolute atomic E-state index is 0.0117. The normalized spacial score (nSPS) is 12.6. The first-order valence-electron chi connectivity index (χ1n) is 9.02. The van der Waals surface area contributed by atoms with Gasteiger partial charge in [-0.25, -0.2) is 4.21 Å². The van der Waals surface area contributed by atoms with Crippen LogP contribution in [-0.2, 0) is 23.3 Å². The molecule has 3 aromatic rings. The Balaban J connectivity index is 1.84. The molecule has 0 radical (unpaired) electrons. The molecule has 1 atom stereocenters. The summed E-state index contributed by atoms with van der Waals surface area (Å²) in [6.45, 7) is 1.93. The van der Waals surface area contributed by atoms with Crippen LogP contribution in [-0.4, -0.2) is 30.7 Å². The first kappa shape index (κ1) is 22.5. The van der Waals surface area contributed by atoms with E-state index in [9.17, 15) is 13.8 Å². The van der Waals surface area contributed by atoms with Crippen LogP contribution in [0.25, 0.3) is 5.69 Å². The zero-order chi connectivity index (χ0) is 22.8. The zero-order valence-electron chi connectivity index (χ0n) is 17.0. The molecule has 2 heterocycles. The standard InChI is InChI=1S/C20H19BrN6O3S/c1-13-18(21)19(28)17(11-27(13)15-9-24-26(2)10-15)20(29)23-8-14-4-6-16(7-5-14)31(3,30)25-12-22/h4-7,9-11H,8H2,1-3H3,(H,23,29). The van der Waals surface area contributed by atoms with Crippen molar-refractivity contribution in [3.8, 4) is 11.9 Å². The monoisotopic (exact) mass is 502 g/mol. The predicted octanol–water partition coefficient (Wildman–Crippen LogP) is 2.51. The molecule has 0 aliphatic rings. The van der Waals surface area contributed by atoms with Gasteiger partial charge in [0, 0.05) is 42.8 Å². The highest BCUT2D eigenvalue weighted by Crippen LogP contribution is 2.18. The summed E-state index contributed by atoms with van der Waals surface area (Å²) in [5.41, 5.74) is 1.69. The molecule has 11 heteroatoms. The van der Waals surface area contributed by atoms with Crippen LogP contribution < -0.4 is 10.7 Å². The van der Waals surface area contributed by atoms with E-state index in [2.05, 4.69) is 30.7 Å². The number of amides is 1. The van der Waals surface area contributed by atoms with E-state index in [0.717, 1.165) is 11.3 Å². The maximum atomic E-state index is 12.7. The highest BCUT2D eigenvalue weighted by atomic mass is 79.9. The van der Waals surface area contributed by atoms with Gasteiger partial charge in [-0.15, -0.1) is 4.36 Å². The minimum Gasteiger partial charge on any atom is -0.348 e. The molecule has 0 spiro atoms. The Hall–Kier alpha value is -3.23. The summed E-state index contributed by atoms with van der Waals surface area (Å²) in [5, 5.41) is 15.5. The molecule has 1 unspecified atom stereocenters. The number of carbonyl (C=O) groups is 1. The Kier molecular flexibility index (Phi) is 6.42. The second kappa shape index (κ2) is 8.87. The van der Waals surface area contributed by atoms with Gasteiger partial charge in [-0.3, -0.25) is 14.3 Å². The molecule has 3 rings (SSSR count). The number of hydrogen-bond acceptors (Lipinski definition) is 6. The van der Waals surface area contributed by atoms with Gasteiger partial charge < -0.3 is 9.88 Å². The minimum atomic E-state index is -2.77. The average Bonchev–Trinajstić information content (AvgIpc) is 3.16. The molecule has 0 fully saturated rings. The van der Waals surface area contributed by atoms with Crippen LogP contribution in [0.3, 0.4) is 0 Å². The number of nitrogens with one attached hydrogen (secondary N) is 1. The summed E-state index contributed by atoms with van der Waals surface area (Å²) in [5.74, 6) is -0.522. The van der Waals surface area contributed by atoms with Crippen LogP contribution in [0.15, 0.2) is 61.4 Å². The fourth-order valence-corrected chi connectivity index (χ4v) is 4.21. The van der Waals surface area contributed by atoms with Gasteiger partial charge in [0.15, 0.2) is 0 Å². The van der Waals surface area contributed by atoms with Gasteiger partial charge in [0.1, 0.15) is 5.56 Å². The Bertz CT molecular complexity index is 1380. The summed E-state index contributed by atoms with van der Waals surface area (Å²) in [4.78, 5) is 25.8. The van der Waals surface area contributed by atoms with Crippen LogP contribution >= 0.6 is 15.9 Å². The fraction of sp³-hybridized carbons (Fsp3) is 0.200. The van der Waals surface area contributed by atoms with Crippen molar-refractivity contribution in [3.05, 3.63) is 74.4 Å². The number of hydrogen-bond donors (Lipinski definition) is 1. The van der Waals surface area contributed by atoms with Crippen LogP contribution in [0, 0.1) is 18.4 Å². The molecule has 0 bridgehead atoms. The Labute approximate surface area is 187 Å². The Morgan fingerprint density at radius 1 is 1.32 bits per heavy atom. The highest BCUT2D eigenvalue weighted by Gasteiger charge is 2.18. The topological polar surface area (TPSA) is 122 Å². The third-order valence-corrected chi connectivity index (χ3v) is 7.13. The number of pyridine rings is 1. The molecule has 1 amide bonds. The third kappa shape index (κ3) is 4.76. The van der Waals surface area contributed by atoms with Crippen LogP contribution in [0.1, 0.15) is 21.6 Å². The van der Waals surface area contributed by atoms with Gasteiger partial charge in [0.2, 0.25) is 11.6 Å². The van der Waals surface area contributed by atoms with E-state index >= 15 is 0 Å². The van der Waals surface area contributed by atoms with E-state index in [4.69, 9.17) is 5.26 Å². The molecule has 160 valence electrons. The third-order valence-electron chi connectivity index (χ3n) is 4.62. The fourth-order valence-electron chi connectivity index (χ4n) is 2.90. The quantitative estimate of drug-likeness (QED) is 0.537. The maximum absolute atomic E-state index is 12.7. The average molecular weight is 503 g/mol. The predicted molar refractivity (Wildman–Crippen MR) is 119 cm³/mol. The molecule has 9 nitrogen and oxygen atoms in total. The molecule has 31 heavy (non-hydrogen) atoms. The van der Waals surface area contributed by atoms with E-state index < -0.39 is 21.1 Å². The van der Waals surface area contributed by atoms with Crippen molar-refractivity contribution in [1.82, 2.24) is 19.7 Å². The van der Waals surface area contributed by atoms with Crippen molar-refractivity contribution in [2.75, 3.05) is 6.26 Å². The summed E-state index contributed by atoms with van der Waals surface area (Å²) >= 11 is 3.29. The van der Waals surface area contributed by atoms with Gasteiger partial charge in [0.25, 0.3) is 5.91 Å². The summed E-state index contributed by atoms with van der Waals surface area (Å²) in [6, 6.07) is 6.57. The molecular formula is C20H19BrN6O3S. The lowest BCUT2D eigenvalue weighted by Gasteiger charge is -2.13. The van der Waals surface area contributed by atoms with Crippen LogP contribution in [0.4, 0.5) is 0 Å². The van der Waals surface area contributed by atoms with Crippen molar-refractivity contribution in [1.29, 1.82) is 5.26 Å². The second-order valence-electron chi connectivity index (χ2n) is 6.83. The number of carbonyl (C=O) groups excluding carboxylic acids is 1. The summed E-state index contributed by atoms with van der Waals surface area (Å²) in [6.07, 6.45) is 7.85. The molecule has 1 N–H and O–H groups in total. The van der Waals surface area contributed by atoms with Crippen molar-refractivity contribution in [2.45, 2.75) is 18.4 Å². The highest BCUT2D eigenvalue weighted by molar-refractivity contribution is 9.10. The molecule has 0 saturated carbocycles. The number of aromatic nitrogens is 3. The smallest absolute Gasteiger partial charge is 0.257 e. The van der Waals surface area contributed by atoms with Gasteiger partial charge in [-0.1, -0.05) is 12.1 Å².